The first-order chi connectivity index (χ1) is 8.06. The van der Waals surface area contributed by atoms with Crippen molar-refractivity contribution in [3.63, 3.8) is 0 Å². The van der Waals surface area contributed by atoms with Crippen LogP contribution in [0.4, 0.5) is 11.4 Å². The SMILES string of the molecule is CN1CCC(Nc2ccc(Br)cc2[N+](=O)[O-])C1. The lowest BCUT2D eigenvalue weighted by Gasteiger charge is -2.14. The molecule has 0 aliphatic carbocycles. The lowest BCUT2D eigenvalue weighted by molar-refractivity contribution is -0.384. The van der Waals surface area contributed by atoms with Crippen molar-refractivity contribution < 1.29 is 4.92 Å². The van der Waals surface area contributed by atoms with Gasteiger partial charge in [-0.05, 0) is 32.1 Å². The van der Waals surface area contributed by atoms with Crippen molar-refractivity contribution >= 4 is 27.3 Å². The zero-order valence-electron chi connectivity index (χ0n) is 9.52. The van der Waals surface area contributed by atoms with E-state index in [4.69, 9.17) is 0 Å². The summed E-state index contributed by atoms with van der Waals surface area (Å²) in [6.45, 7) is 1.95. The van der Waals surface area contributed by atoms with Crippen molar-refractivity contribution in [2.75, 3.05) is 25.5 Å². The van der Waals surface area contributed by atoms with Gasteiger partial charge in [0.25, 0.3) is 5.69 Å². The summed E-state index contributed by atoms with van der Waals surface area (Å²) >= 11 is 3.25. The molecule has 1 aliphatic heterocycles. The van der Waals surface area contributed by atoms with E-state index in [9.17, 15) is 10.1 Å². The van der Waals surface area contributed by atoms with Crippen LogP contribution in [0.15, 0.2) is 22.7 Å². The molecule has 1 fully saturated rings. The first kappa shape index (κ1) is 12.3. The second kappa shape index (κ2) is 5.01. The summed E-state index contributed by atoms with van der Waals surface area (Å²) < 4.78 is 0.721. The van der Waals surface area contributed by atoms with E-state index in [2.05, 4.69) is 33.2 Å². The lowest BCUT2D eigenvalue weighted by Crippen LogP contribution is -2.23. The first-order valence-corrected chi connectivity index (χ1v) is 6.24. The minimum absolute atomic E-state index is 0.119. The average molecular weight is 300 g/mol. The van der Waals surface area contributed by atoms with Crippen molar-refractivity contribution in [2.45, 2.75) is 12.5 Å². The number of likely N-dealkylation sites (tertiary alicyclic amines) is 1. The highest BCUT2D eigenvalue weighted by Crippen LogP contribution is 2.29. The van der Waals surface area contributed by atoms with Crippen LogP contribution in [0.2, 0.25) is 0 Å². The van der Waals surface area contributed by atoms with Crippen LogP contribution in [0.25, 0.3) is 0 Å². The molecule has 1 aromatic carbocycles. The van der Waals surface area contributed by atoms with Gasteiger partial charge in [-0.2, -0.15) is 0 Å². The molecule has 6 heteroatoms. The van der Waals surface area contributed by atoms with E-state index in [1.807, 2.05) is 6.07 Å². The van der Waals surface area contributed by atoms with Gasteiger partial charge in [-0.15, -0.1) is 0 Å². The molecule has 0 bridgehead atoms. The van der Waals surface area contributed by atoms with E-state index < -0.39 is 0 Å². The maximum absolute atomic E-state index is 10.9. The second-order valence-corrected chi connectivity index (χ2v) is 5.23. The minimum Gasteiger partial charge on any atom is -0.375 e. The Hall–Kier alpha value is -1.14. The third kappa shape index (κ3) is 2.95. The highest BCUT2D eigenvalue weighted by Gasteiger charge is 2.22. The molecule has 1 heterocycles. The molecule has 1 atom stereocenters. The van der Waals surface area contributed by atoms with Gasteiger partial charge in [0.1, 0.15) is 5.69 Å². The van der Waals surface area contributed by atoms with Crippen molar-refractivity contribution in [1.82, 2.24) is 4.90 Å². The predicted molar refractivity (Wildman–Crippen MR) is 70.3 cm³/mol. The summed E-state index contributed by atoms with van der Waals surface area (Å²) in [4.78, 5) is 12.8. The number of hydrogen-bond donors (Lipinski definition) is 1. The molecule has 17 heavy (non-hydrogen) atoms. The Morgan fingerprint density at radius 3 is 2.94 bits per heavy atom. The summed E-state index contributed by atoms with van der Waals surface area (Å²) in [6.07, 6.45) is 1.02. The topological polar surface area (TPSA) is 58.4 Å². The van der Waals surface area contributed by atoms with E-state index in [-0.39, 0.29) is 10.6 Å². The van der Waals surface area contributed by atoms with E-state index in [0.717, 1.165) is 24.0 Å². The number of rotatable bonds is 3. The van der Waals surface area contributed by atoms with Crippen LogP contribution in [0.1, 0.15) is 6.42 Å². The Kier molecular flexibility index (Phi) is 3.63. The number of halogens is 1. The monoisotopic (exact) mass is 299 g/mol. The zero-order valence-corrected chi connectivity index (χ0v) is 11.1. The fraction of sp³-hybridized carbons (Fsp3) is 0.455. The van der Waals surface area contributed by atoms with Crippen LogP contribution in [0.5, 0.6) is 0 Å². The quantitative estimate of drug-likeness (QED) is 0.688. The number of nitrogens with one attached hydrogen (secondary N) is 1. The summed E-state index contributed by atoms with van der Waals surface area (Å²) in [5.41, 5.74) is 0.715. The van der Waals surface area contributed by atoms with Crippen LogP contribution in [-0.4, -0.2) is 36.0 Å². The van der Waals surface area contributed by atoms with Crippen molar-refractivity contribution in [1.29, 1.82) is 0 Å². The molecule has 92 valence electrons. The molecule has 0 amide bonds. The summed E-state index contributed by atoms with van der Waals surface area (Å²) in [6, 6.07) is 5.38. The van der Waals surface area contributed by atoms with Gasteiger partial charge in [-0.1, -0.05) is 15.9 Å². The number of nitrogens with zero attached hydrogens (tertiary/aromatic N) is 2. The minimum atomic E-state index is -0.355. The molecule has 0 radical (unpaired) electrons. The van der Waals surface area contributed by atoms with Crippen molar-refractivity contribution in [3.05, 3.63) is 32.8 Å². The van der Waals surface area contributed by atoms with E-state index in [0.29, 0.717) is 11.7 Å². The Balaban J connectivity index is 2.17. The maximum Gasteiger partial charge on any atom is 0.293 e. The van der Waals surface area contributed by atoms with Gasteiger partial charge < -0.3 is 10.2 Å². The summed E-state index contributed by atoms with van der Waals surface area (Å²) in [5.74, 6) is 0. The van der Waals surface area contributed by atoms with Gasteiger partial charge in [-0.25, -0.2) is 0 Å². The van der Waals surface area contributed by atoms with Gasteiger partial charge in [0.05, 0.1) is 4.92 Å². The Morgan fingerprint density at radius 1 is 1.59 bits per heavy atom. The second-order valence-electron chi connectivity index (χ2n) is 4.31. The van der Waals surface area contributed by atoms with Crippen molar-refractivity contribution in [3.8, 4) is 0 Å². The molecule has 0 spiro atoms. The van der Waals surface area contributed by atoms with E-state index >= 15 is 0 Å². The van der Waals surface area contributed by atoms with E-state index in [1.54, 1.807) is 6.07 Å². The molecule has 1 saturated heterocycles. The molecule has 1 aromatic rings. The average Bonchev–Trinajstić information content (AvgIpc) is 2.66. The highest BCUT2D eigenvalue weighted by atomic mass is 79.9. The predicted octanol–water partition coefficient (Wildman–Crippen LogP) is 2.47. The molecule has 1 unspecified atom stereocenters. The number of nitro benzene ring substituents is 1. The number of likely N-dealkylation sites (N-methyl/N-ethyl adjacent to an activating group) is 1. The Bertz CT molecular complexity index is 439. The summed E-state index contributed by atoms with van der Waals surface area (Å²) in [7, 11) is 2.05. The molecule has 1 aliphatic rings. The van der Waals surface area contributed by atoms with Crippen LogP contribution in [0.3, 0.4) is 0 Å². The molecule has 5 nitrogen and oxygen atoms in total. The third-order valence-corrected chi connectivity index (χ3v) is 3.40. The van der Waals surface area contributed by atoms with Crippen molar-refractivity contribution in [2.24, 2.45) is 0 Å². The maximum atomic E-state index is 10.9. The van der Waals surface area contributed by atoms with Crippen LogP contribution in [0, 0.1) is 10.1 Å². The number of hydrogen-bond acceptors (Lipinski definition) is 4. The van der Waals surface area contributed by atoms with Gasteiger partial charge in [0.15, 0.2) is 0 Å². The zero-order chi connectivity index (χ0) is 12.4. The van der Waals surface area contributed by atoms with Gasteiger partial charge in [-0.3, -0.25) is 10.1 Å². The molecular weight excluding hydrogens is 286 g/mol. The fourth-order valence-corrected chi connectivity index (χ4v) is 2.40. The number of nitro groups is 1. The molecule has 1 N–H and O–H groups in total. The molecular formula is C11H14BrN3O2. The number of benzene rings is 1. The smallest absolute Gasteiger partial charge is 0.293 e. The largest absolute Gasteiger partial charge is 0.375 e. The lowest BCUT2D eigenvalue weighted by atomic mass is 10.2. The molecule has 0 aromatic heterocycles. The number of anilines is 1. The normalized spacial score (nSPS) is 20.5. The van der Waals surface area contributed by atoms with Crippen LogP contribution >= 0.6 is 15.9 Å². The third-order valence-electron chi connectivity index (χ3n) is 2.91. The highest BCUT2D eigenvalue weighted by molar-refractivity contribution is 9.10. The standard InChI is InChI=1S/C11H14BrN3O2/c1-14-5-4-9(7-14)13-10-3-2-8(12)6-11(10)15(16)17/h2-3,6,9,13H,4-5,7H2,1H3. The van der Waals surface area contributed by atoms with Gasteiger partial charge >= 0.3 is 0 Å². The molecule has 0 saturated carbocycles. The Labute approximate surface area is 108 Å². The van der Waals surface area contributed by atoms with E-state index in [1.165, 1.54) is 6.07 Å². The summed E-state index contributed by atoms with van der Waals surface area (Å²) in [5, 5.41) is 14.2. The Morgan fingerprint density at radius 2 is 2.35 bits per heavy atom. The first-order valence-electron chi connectivity index (χ1n) is 5.45. The van der Waals surface area contributed by atoms with Gasteiger partial charge in [0, 0.05) is 23.1 Å². The van der Waals surface area contributed by atoms with Crippen LogP contribution < -0.4 is 5.32 Å². The fourth-order valence-electron chi connectivity index (χ4n) is 2.05. The van der Waals surface area contributed by atoms with Crippen LogP contribution in [-0.2, 0) is 0 Å². The molecule has 2 rings (SSSR count). The van der Waals surface area contributed by atoms with Gasteiger partial charge in [0.2, 0.25) is 0 Å².